The van der Waals surface area contributed by atoms with Crippen molar-refractivity contribution in [3.8, 4) is 5.75 Å². The van der Waals surface area contributed by atoms with Crippen molar-refractivity contribution in [2.24, 2.45) is 0 Å². The highest BCUT2D eigenvalue weighted by Crippen LogP contribution is 2.39. The second-order valence-corrected chi connectivity index (χ2v) is 5.71. The van der Waals surface area contributed by atoms with Gasteiger partial charge in [0, 0.05) is 12.1 Å². The normalized spacial score (nSPS) is 16.2. The molecular formula is C15H16N2O4. The zero-order valence-electron chi connectivity index (χ0n) is 11.9. The van der Waals surface area contributed by atoms with Crippen molar-refractivity contribution in [1.29, 1.82) is 0 Å². The summed E-state index contributed by atoms with van der Waals surface area (Å²) in [6.45, 7) is 5.16. The van der Waals surface area contributed by atoms with Crippen LogP contribution < -0.4 is 9.64 Å². The lowest BCUT2D eigenvalue weighted by Gasteiger charge is -2.40. The van der Waals surface area contributed by atoms with Crippen LogP contribution >= 0.6 is 0 Å². The average Bonchev–Trinajstić information content (AvgIpc) is 2.89. The number of nitro groups is 1. The standard InChI is InChI=1S/C15H16N2O4/c1-15(2)10-16(9-12-4-3-7-20-12)13-8-11(17(18)19)5-6-14(13)21-15/h3-8H,9-10H2,1-2H3. The monoisotopic (exact) mass is 288 g/mol. The maximum Gasteiger partial charge on any atom is 0.271 e. The molecule has 1 aromatic carbocycles. The number of benzene rings is 1. The highest BCUT2D eigenvalue weighted by atomic mass is 16.6. The fourth-order valence-corrected chi connectivity index (χ4v) is 2.56. The van der Waals surface area contributed by atoms with E-state index in [0.29, 0.717) is 18.8 Å². The van der Waals surface area contributed by atoms with Gasteiger partial charge >= 0.3 is 0 Å². The second kappa shape index (κ2) is 4.80. The maximum absolute atomic E-state index is 11.0. The number of furan rings is 1. The molecule has 3 rings (SSSR count). The van der Waals surface area contributed by atoms with Crippen molar-refractivity contribution in [3.05, 3.63) is 52.5 Å². The third-order valence-electron chi connectivity index (χ3n) is 3.38. The van der Waals surface area contributed by atoms with E-state index >= 15 is 0 Å². The van der Waals surface area contributed by atoms with Gasteiger partial charge in [0.2, 0.25) is 0 Å². The fraction of sp³-hybridized carbons (Fsp3) is 0.333. The Kier molecular flexibility index (Phi) is 3.08. The van der Waals surface area contributed by atoms with Crippen LogP contribution in [0, 0.1) is 10.1 Å². The Labute approximate surface area is 122 Å². The number of ether oxygens (including phenoxy) is 1. The largest absolute Gasteiger partial charge is 0.484 e. The molecule has 0 unspecified atom stereocenters. The minimum Gasteiger partial charge on any atom is -0.484 e. The Morgan fingerprint density at radius 1 is 1.38 bits per heavy atom. The summed E-state index contributed by atoms with van der Waals surface area (Å²) in [4.78, 5) is 12.6. The Hall–Kier alpha value is -2.50. The molecule has 0 N–H and O–H groups in total. The van der Waals surface area contributed by atoms with Crippen LogP contribution in [0.1, 0.15) is 19.6 Å². The summed E-state index contributed by atoms with van der Waals surface area (Å²) < 4.78 is 11.3. The average molecular weight is 288 g/mol. The van der Waals surface area contributed by atoms with Gasteiger partial charge in [0.1, 0.15) is 17.1 Å². The first-order valence-corrected chi connectivity index (χ1v) is 6.69. The summed E-state index contributed by atoms with van der Waals surface area (Å²) >= 11 is 0. The molecule has 2 aromatic rings. The lowest BCUT2D eigenvalue weighted by Crippen LogP contribution is -2.46. The van der Waals surface area contributed by atoms with Gasteiger partial charge in [-0.1, -0.05) is 0 Å². The number of rotatable bonds is 3. The minimum atomic E-state index is -0.398. The van der Waals surface area contributed by atoms with Crippen LogP contribution in [0.4, 0.5) is 11.4 Å². The van der Waals surface area contributed by atoms with Crippen LogP contribution in [0.3, 0.4) is 0 Å². The molecule has 0 saturated carbocycles. The summed E-state index contributed by atoms with van der Waals surface area (Å²) in [5.41, 5.74) is 0.414. The van der Waals surface area contributed by atoms with Crippen molar-refractivity contribution >= 4 is 11.4 Å². The van der Waals surface area contributed by atoms with Crippen LogP contribution in [0.5, 0.6) is 5.75 Å². The SMILES string of the molecule is CC1(C)CN(Cc2ccco2)c2cc([N+](=O)[O-])ccc2O1. The molecule has 0 atom stereocenters. The number of fused-ring (bicyclic) bond motifs is 1. The van der Waals surface area contributed by atoms with E-state index in [-0.39, 0.29) is 11.3 Å². The summed E-state index contributed by atoms with van der Waals surface area (Å²) in [5, 5.41) is 11.0. The molecule has 1 aliphatic rings. The Morgan fingerprint density at radius 2 is 2.19 bits per heavy atom. The van der Waals surface area contributed by atoms with Gasteiger partial charge in [0.25, 0.3) is 5.69 Å². The molecule has 6 heteroatoms. The lowest BCUT2D eigenvalue weighted by molar-refractivity contribution is -0.384. The second-order valence-electron chi connectivity index (χ2n) is 5.71. The van der Waals surface area contributed by atoms with Gasteiger partial charge in [0.05, 0.1) is 30.0 Å². The minimum absolute atomic E-state index is 0.0569. The maximum atomic E-state index is 11.0. The van der Waals surface area contributed by atoms with E-state index in [0.717, 1.165) is 11.4 Å². The molecule has 0 fully saturated rings. The number of non-ortho nitro benzene ring substituents is 1. The smallest absolute Gasteiger partial charge is 0.271 e. The first kappa shape index (κ1) is 13.5. The molecule has 0 amide bonds. The molecule has 1 aliphatic heterocycles. The van der Waals surface area contributed by atoms with Crippen molar-refractivity contribution in [1.82, 2.24) is 0 Å². The molecule has 0 spiro atoms. The summed E-state index contributed by atoms with van der Waals surface area (Å²) in [6, 6.07) is 8.39. The highest BCUT2D eigenvalue weighted by molar-refractivity contribution is 5.65. The molecule has 6 nitrogen and oxygen atoms in total. The fourth-order valence-electron chi connectivity index (χ4n) is 2.56. The highest BCUT2D eigenvalue weighted by Gasteiger charge is 2.33. The van der Waals surface area contributed by atoms with Crippen LogP contribution in [-0.4, -0.2) is 17.1 Å². The summed E-state index contributed by atoms with van der Waals surface area (Å²) in [6.07, 6.45) is 1.62. The van der Waals surface area contributed by atoms with Crippen LogP contribution in [0.15, 0.2) is 41.0 Å². The molecule has 21 heavy (non-hydrogen) atoms. The van der Waals surface area contributed by atoms with E-state index in [4.69, 9.17) is 9.15 Å². The summed E-state index contributed by atoms with van der Waals surface area (Å²) in [5.74, 6) is 1.47. The van der Waals surface area contributed by atoms with Gasteiger partial charge in [0.15, 0.2) is 0 Å². The zero-order valence-corrected chi connectivity index (χ0v) is 11.9. The molecule has 0 radical (unpaired) electrons. The van der Waals surface area contributed by atoms with Crippen LogP contribution in [0.2, 0.25) is 0 Å². The van der Waals surface area contributed by atoms with E-state index in [1.807, 2.05) is 30.9 Å². The van der Waals surface area contributed by atoms with Crippen molar-refractivity contribution in [3.63, 3.8) is 0 Å². The molecule has 1 aromatic heterocycles. The topological polar surface area (TPSA) is 68.8 Å². The van der Waals surface area contributed by atoms with Gasteiger partial charge in [-0.2, -0.15) is 0 Å². The quantitative estimate of drug-likeness (QED) is 0.639. The summed E-state index contributed by atoms with van der Waals surface area (Å²) in [7, 11) is 0. The number of nitrogens with zero attached hydrogens (tertiary/aromatic N) is 2. The first-order chi connectivity index (χ1) is 9.94. The first-order valence-electron chi connectivity index (χ1n) is 6.69. The Morgan fingerprint density at radius 3 is 2.86 bits per heavy atom. The van der Waals surface area contributed by atoms with E-state index in [1.54, 1.807) is 18.4 Å². The molecule has 0 aliphatic carbocycles. The van der Waals surface area contributed by atoms with Gasteiger partial charge in [-0.15, -0.1) is 0 Å². The number of anilines is 1. The zero-order chi connectivity index (χ0) is 15.0. The van der Waals surface area contributed by atoms with Crippen LogP contribution in [-0.2, 0) is 6.54 Å². The molecular weight excluding hydrogens is 272 g/mol. The number of hydrogen-bond donors (Lipinski definition) is 0. The van der Waals surface area contributed by atoms with E-state index in [1.165, 1.54) is 6.07 Å². The van der Waals surface area contributed by atoms with Gasteiger partial charge < -0.3 is 14.1 Å². The van der Waals surface area contributed by atoms with E-state index in [9.17, 15) is 10.1 Å². The Balaban J connectivity index is 2.00. The lowest BCUT2D eigenvalue weighted by atomic mass is 10.0. The predicted octanol–water partition coefficient (Wildman–Crippen LogP) is 3.37. The third kappa shape index (κ3) is 2.69. The number of nitro benzene ring substituents is 1. The number of hydrogen-bond acceptors (Lipinski definition) is 5. The third-order valence-corrected chi connectivity index (χ3v) is 3.38. The molecule has 2 heterocycles. The van der Waals surface area contributed by atoms with Gasteiger partial charge in [-0.25, -0.2) is 0 Å². The predicted molar refractivity (Wildman–Crippen MR) is 77.6 cm³/mol. The van der Waals surface area contributed by atoms with Crippen LogP contribution in [0.25, 0.3) is 0 Å². The van der Waals surface area contributed by atoms with Crippen molar-refractivity contribution in [2.75, 3.05) is 11.4 Å². The Bertz CT molecular complexity index is 664. The van der Waals surface area contributed by atoms with Crippen molar-refractivity contribution < 1.29 is 14.1 Å². The van der Waals surface area contributed by atoms with Gasteiger partial charge in [-0.05, 0) is 32.0 Å². The van der Waals surface area contributed by atoms with E-state index < -0.39 is 4.92 Å². The van der Waals surface area contributed by atoms with Crippen molar-refractivity contribution in [2.45, 2.75) is 26.0 Å². The van der Waals surface area contributed by atoms with E-state index in [2.05, 4.69) is 0 Å². The van der Waals surface area contributed by atoms with Gasteiger partial charge in [-0.3, -0.25) is 10.1 Å². The molecule has 0 bridgehead atoms. The molecule has 0 saturated heterocycles. The molecule has 110 valence electrons.